The van der Waals surface area contributed by atoms with Crippen LogP contribution in [0.1, 0.15) is 11.1 Å². The second kappa shape index (κ2) is 7.52. The molecule has 1 unspecified atom stereocenters. The lowest BCUT2D eigenvalue weighted by atomic mass is 10.0. The Bertz CT molecular complexity index is 903. The standard InChI is InChI=1S/C21H22ClN3O/c22-17-7-5-15(6-8-17)9-11-25-12-10-23-20(21(25)26)13-16-14-24-19-4-2-1-3-18(16)19/h1-8,14,20,23-24H,9-13H2. The molecule has 0 aliphatic carbocycles. The van der Waals surface area contributed by atoms with Gasteiger partial charge >= 0.3 is 0 Å². The Labute approximate surface area is 158 Å². The minimum absolute atomic E-state index is 0.159. The summed E-state index contributed by atoms with van der Waals surface area (Å²) in [5.74, 6) is 0.190. The number of H-pyrrole nitrogens is 1. The first-order chi connectivity index (χ1) is 12.7. The predicted molar refractivity (Wildman–Crippen MR) is 106 cm³/mol. The molecule has 0 saturated carbocycles. The molecule has 1 saturated heterocycles. The number of aromatic nitrogens is 1. The molecule has 2 N–H and O–H groups in total. The van der Waals surface area contributed by atoms with Gasteiger partial charge in [0.2, 0.25) is 5.91 Å². The second-order valence-corrected chi connectivity index (χ2v) is 7.21. The van der Waals surface area contributed by atoms with E-state index in [4.69, 9.17) is 11.6 Å². The number of para-hydroxylation sites is 1. The Hall–Kier alpha value is -2.30. The highest BCUT2D eigenvalue weighted by Gasteiger charge is 2.28. The number of nitrogens with zero attached hydrogens (tertiary/aromatic N) is 1. The van der Waals surface area contributed by atoms with Gasteiger partial charge < -0.3 is 15.2 Å². The van der Waals surface area contributed by atoms with Crippen LogP contribution in [-0.2, 0) is 17.6 Å². The molecule has 2 aromatic carbocycles. The van der Waals surface area contributed by atoms with Crippen molar-refractivity contribution < 1.29 is 4.79 Å². The van der Waals surface area contributed by atoms with E-state index in [9.17, 15) is 4.79 Å². The zero-order chi connectivity index (χ0) is 17.9. The third-order valence-corrected chi connectivity index (χ3v) is 5.32. The molecule has 0 spiro atoms. The average molecular weight is 368 g/mol. The number of hydrogen-bond donors (Lipinski definition) is 2. The van der Waals surface area contributed by atoms with Gasteiger partial charge in [-0.25, -0.2) is 0 Å². The van der Waals surface area contributed by atoms with Crippen molar-refractivity contribution in [2.75, 3.05) is 19.6 Å². The monoisotopic (exact) mass is 367 g/mol. The van der Waals surface area contributed by atoms with E-state index in [0.717, 1.165) is 36.6 Å². The lowest BCUT2D eigenvalue weighted by molar-refractivity contribution is -0.135. The molecule has 1 atom stereocenters. The fourth-order valence-corrected chi connectivity index (χ4v) is 3.73. The van der Waals surface area contributed by atoms with Gasteiger partial charge in [0.15, 0.2) is 0 Å². The van der Waals surface area contributed by atoms with Crippen LogP contribution in [0.25, 0.3) is 10.9 Å². The highest BCUT2D eigenvalue weighted by Crippen LogP contribution is 2.20. The van der Waals surface area contributed by atoms with E-state index in [1.165, 1.54) is 16.5 Å². The molecular formula is C21H22ClN3O. The first-order valence-corrected chi connectivity index (χ1v) is 9.40. The van der Waals surface area contributed by atoms with E-state index in [2.05, 4.69) is 22.4 Å². The van der Waals surface area contributed by atoms with Gasteiger partial charge in [-0.15, -0.1) is 0 Å². The highest BCUT2D eigenvalue weighted by molar-refractivity contribution is 6.30. The number of halogens is 1. The summed E-state index contributed by atoms with van der Waals surface area (Å²) in [6.07, 6.45) is 3.58. The Morgan fingerprint density at radius 3 is 2.77 bits per heavy atom. The Morgan fingerprint density at radius 2 is 1.92 bits per heavy atom. The molecule has 26 heavy (non-hydrogen) atoms. The minimum atomic E-state index is -0.159. The maximum atomic E-state index is 12.9. The molecule has 0 radical (unpaired) electrons. The normalized spacial score (nSPS) is 17.8. The number of amides is 1. The molecule has 0 bridgehead atoms. The molecule has 134 valence electrons. The van der Waals surface area contributed by atoms with Gasteiger partial charge in [-0.3, -0.25) is 4.79 Å². The van der Waals surface area contributed by atoms with Gasteiger partial charge in [0.25, 0.3) is 0 Å². The van der Waals surface area contributed by atoms with Crippen molar-refractivity contribution in [3.8, 4) is 0 Å². The number of hydrogen-bond acceptors (Lipinski definition) is 2. The third kappa shape index (κ3) is 3.62. The molecule has 1 aliphatic heterocycles. The van der Waals surface area contributed by atoms with Crippen molar-refractivity contribution in [2.24, 2.45) is 0 Å². The molecule has 1 aliphatic rings. The lowest BCUT2D eigenvalue weighted by Crippen LogP contribution is -2.56. The van der Waals surface area contributed by atoms with Crippen LogP contribution in [0.5, 0.6) is 0 Å². The van der Waals surface area contributed by atoms with Crippen LogP contribution in [0.2, 0.25) is 5.02 Å². The van der Waals surface area contributed by atoms with E-state index in [1.807, 2.05) is 47.5 Å². The molecular weight excluding hydrogens is 346 g/mol. The number of rotatable bonds is 5. The van der Waals surface area contributed by atoms with E-state index >= 15 is 0 Å². The van der Waals surface area contributed by atoms with Crippen molar-refractivity contribution in [3.05, 3.63) is 70.9 Å². The van der Waals surface area contributed by atoms with Gasteiger partial charge in [-0.2, -0.15) is 0 Å². The number of benzene rings is 2. The SMILES string of the molecule is O=C1C(Cc2c[nH]c3ccccc23)NCCN1CCc1ccc(Cl)cc1. The summed E-state index contributed by atoms with van der Waals surface area (Å²) in [4.78, 5) is 18.2. The molecule has 3 aromatic rings. The van der Waals surface area contributed by atoms with Crippen LogP contribution >= 0.6 is 11.6 Å². The second-order valence-electron chi connectivity index (χ2n) is 6.77. The smallest absolute Gasteiger partial charge is 0.240 e. The minimum Gasteiger partial charge on any atom is -0.361 e. The zero-order valence-corrected chi connectivity index (χ0v) is 15.3. The average Bonchev–Trinajstić information content (AvgIpc) is 3.07. The molecule has 1 amide bonds. The van der Waals surface area contributed by atoms with Gasteiger partial charge in [0.05, 0.1) is 6.04 Å². The van der Waals surface area contributed by atoms with E-state index < -0.39 is 0 Å². The van der Waals surface area contributed by atoms with Crippen molar-refractivity contribution >= 4 is 28.4 Å². The topological polar surface area (TPSA) is 48.1 Å². The summed E-state index contributed by atoms with van der Waals surface area (Å²) in [6, 6.07) is 15.9. The summed E-state index contributed by atoms with van der Waals surface area (Å²) >= 11 is 5.94. The fourth-order valence-electron chi connectivity index (χ4n) is 3.61. The van der Waals surface area contributed by atoms with Crippen LogP contribution in [-0.4, -0.2) is 41.5 Å². The number of piperazine rings is 1. The molecule has 4 rings (SSSR count). The van der Waals surface area contributed by atoms with Crippen molar-refractivity contribution in [2.45, 2.75) is 18.9 Å². The van der Waals surface area contributed by atoms with Crippen molar-refractivity contribution in [1.29, 1.82) is 0 Å². The molecule has 1 aromatic heterocycles. The van der Waals surface area contributed by atoms with Gasteiger partial charge in [-0.1, -0.05) is 41.9 Å². The van der Waals surface area contributed by atoms with Gasteiger partial charge in [0.1, 0.15) is 0 Å². The largest absolute Gasteiger partial charge is 0.361 e. The maximum absolute atomic E-state index is 12.9. The van der Waals surface area contributed by atoms with Crippen molar-refractivity contribution in [1.82, 2.24) is 15.2 Å². The van der Waals surface area contributed by atoms with Gasteiger partial charge in [-0.05, 0) is 42.2 Å². The third-order valence-electron chi connectivity index (χ3n) is 5.06. The predicted octanol–water partition coefficient (Wildman–Crippen LogP) is 3.41. The van der Waals surface area contributed by atoms with Crippen molar-refractivity contribution in [3.63, 3.8) is 0 Å². The number of fused-ring (bicyclic) bond motifs is 1. The molecule has 5 heteroatoms. The van der Waals surface area contributed by atoms with Gasteiger partial charge in [0, 0.05) is 41.8 Å². The van der Waals surface area contributed by atoms with Crippen LogP contribution in [0, 0.1) is 0 Å². The maximum Gasteiger partial charge on any atom is 0.240 e. The first-order valence-electron chi connectivity index (χ1n) is 9.02. The zero-order valence-electron chi connectivity index (χ0n) is 14.5. The number of aromatic amines is 1. The van der Waals surface area contributed by atoms with Crippen LogP contribution in [0.4, 0.5) is 0 Å². The van der Waals surface area contributed by atoms with Crippen LogP contribution in [0.15, 0.2) is 54.7 Å². The Kier molecular flexibility index (Phi) is 4.96. The summed E-state index contributed by atoms with van der Waals surface area (Å²) < 4.78 is 0. The lowest BCUT2D eigenvalue weighted by Gasteiger charge is -2.33. The fraction of sp³-hybridized carbons (Fsp3) is 0.286. The van der Waals surface area contributed by atoms with E-state index in [0.29, 0.717) is 6.42 Å². The van der Waals surface area contributed by atoms with Crippen LogP contribution in [0.3, 0.4) is 0 Å². The summed E-state index contributed by atoms with van der Waals surface area (Å²) in [7, 11) is 0. The number of carbonyl (C=O) groups is 1. The molecule has 1 fully saturated rings. The highest BCUT2D eigenvalue weighted by atomic mass is 35.5. The Morgan fingerprint density at radius 1 is 1.12 bits per heavy atom. The summed E-state index contributed by atoms with van der Waals surface area (Å²) in [6.45, 7) is 2.34. The first kappa shape index (κ1) is 17.1. The van der Waals surface area contributed by atoms with Crippen LogP contribution < -0.4 is 5.32 Å². The number of nitrogens with one attached hydrogen (secondary N) is 2. The molecule has 2 heterocycles. The summed E-state index contributed by atoms with van der Waals surface area (Å²) in [5.41, 5.74) is 3.50. The van der Waals surface area contributed by atoms with E-state index in [-0.39, 0.29) is 11.9 Å². The summed E-state index contributed by atoms with van der Waals surface area (Å²) in [5, 5.41) is 5.32. The molecule has 4 nitrogen and oxygen atoms in total. The quantitative estimate of drug-likeness (QED) is 0.726. The number of carbonyl (C=O) groups excluding carboxylic acids is 1. The van der Waals surface area contributed by atoms with E-state index in [1.54, 1.807) is 0 Å². The Balaban J connectivity index is 1.41.